The van der Waals surface area contributed by atoms with Crippen LogP contribution < -0.4 is 5.32 Å². The lowest BCUT2D eigenvalue weighted by Gasteiger charge is -2.41. The van der Waals surface area contributed by atoms with E-state index in [1.165, 1.54) is 37.7 Å². The monoisotopic (exact) mass is 398 g/mol. The van der Waals surface area contributed by atoms with Crippen molar-refractivity contribution >= 4 is 48.0 Å². The van der Waals surface area contributed by atoms with Crippen LogP contribution in [0.2, 0.25) is 10.0 Å². The van der Waals surface area contributed by atoms with Gasteiger partial charge in [-0.3, -0.25) is 4.90 Å². The normalized spacial score (nSPS) is 21.1. The number of piperazine rings is 1. The predicted octanol–water partition coefficient (Wildman–Crippen LogP) is 5.36. The molecule has 1 atom stereocenters. The van der Waals surface area contributed by atoms with Gasteiger partial charge in [0.05, 0.1) is 0 Å². The molecule has 1 saturated carbocycles. The molecule has 0 aromatic heterocycles. The van der Waals surface area contributed by atoms with Gasteiger partial charge in [-0.1, -0.05) is 42.5 Å². The number of hydrogen-bond donors (Lipinski definition) is 1. The Bertz CT molecular complexity index is 454. The van der Waals surface area contributed by atoms with Crippen molar-refractivity contribution in [1.82, 2.24) is 10.2 Å². The first-order valence-electron chi connectivity index (χ1n) is 8.15. The fraction of sp³-hybridized carbons (Fsp3) is 0.647. The maximum absolute atomic E-state index is 6.53. The summed E-state index contributed by atoms with van der Waals surface area (Å²) in [5.74, 6) is 0.716. The molecule has 3 rings (SSSR count). The van der Waals surface area contributed by atoms with E-state index >= 15 is 0 Å². The Hall–Kier alpha value is 0.300. The molecule has 132 valence electrons. The van der Waals surface area contributed by atoms with Gasteiger partial charge in [0.25, 0.3) is 0 Å². The largest absolute Gasteiger partial charge is 0.314 e. The van der Waals surface area contributed by atoms with Gasteiger partial charge in [0.15, 0.2) is 0 Å². The van der Waals surface area contributed by atoms with Crippen molar-refractivity contribution < 1.29 is 0 Å². The van der Waals surface area contributed by atoms with E-state index in [0.717, 1.165) is 36.2 Å². The quantitative estimate of drug-likeness (QED) is 0.735. The van der Waals surface area contributed by atoms with Crippen molar-refractivity contribution in [3.8, 4) is 0 Å². The molecule has 1 saturated heterocycles. The molecule has 1 aliphatic heterocycles. The van der Waals surface area contributed by atoms with Crippen LogP contribution in [-0.2, 0) is 0 Å². The van der Waals surface area contributed by atoms with Crippen LogP contribution in [0.25, 0.3) is 0 Å². The lowest BCUT2D eigenvalue weighted by Crippen LogP contribution is -2.47. The minimum atomic E-state index is 0. The van der Waals surface area contributed by atoms with Gasteiger partial charge in [0, 0.05) is 42.3 Å². The maximum atomic E-state index is 6.53. The number of halogens is 4. The molecule has 1 N–H and O–H groups in total. The zero-order chi connectivity index (χ0) is 14.7. The number of hydrogen-bond acceptors (Lipinski definition) is 2. The van der Waals surface area contributed by atoms with Gasteiger partial charge >= 0.3 is 0 Å². The van der Waals surface area contributed by atoms with E-state index in [-0.39, 0.29) is 24.8 Å². The molecule has 1 aromatic carbocycles. The van der Waals surface area contributed by atoms with Crippen LogP contribution in [0.15, 0.2) is 18.2 Å². The Labute approximate surface area is 162 Å². The smallest absolute Gasteiger partial charge is 0.0455 e. The van der Waals surface area contributed by atoms with E-state index in [1.54, 1.807) is 0 Å². The maximum Gasteiger partial charge on any atom is 0.0455 e. The summed E-state index contributed by atoms with van der Waals surface area (Å²) < 4.78 is 0. The molecule has 2 nitrogen and oxygen atoms in total. The fourth-order valence-electron chi connectivity index (χ4n) is 3.90. The van der Waals surface area contributed by atoms with Crippen LogP contribution in [0.5, 0.6) is 0 Å². The van der Waals surface area contributed by atoms with Crippen molar-refractivity contribution in [2.75, 3.05) is 26.2 Å². The third-order valence-corrected chi connectivity index (χ3v) is 5.50. The van der Waals surface area contributed by atoms with E-state index in [1.807, 2.05) is 12.1 Å². The minimum Gasteiger partial charge on any atom is -0.314 e. The highest BCUT2D eigenvalue weighted by Crippen LogP contribution is 2.41. The van der Waals surface area contributed by atoms with E-state index in [4.69, 9.17) is 23.2 Å². The highest BCUT2D eigenvalue weighted by molar-refractivity contribution is 6.33. The standard InChI is InChI=1S/C17H24Cl2N2.2ClH/c18-14-6-7-16(19)15(12-14)17(13-4-2-1-3-5-13)21-10-8-20-9-11-21;;/h6-7,12-13,17,20H,1-5,8-11H2;2*1H/t17-;;/m0../s1. The summed E-state index contributed by atoms with van der Waals surface area (Å²) in [5.41, 5.74) is 1.23. The molecule has 1 heterocycles. The molecular formula is C17H26Cl4N2. The Morgan fingerprint density at radius 2 is 1.65 bits per heavy atom. The molecule has 1 aromatic rings. The van der Waals surface area contributed by atoms with Crippen molar-refractivity contribution in [2.45, 2.75) is 38.1 Å². The first-order valence-corrected chi connectivity index (χ1v) is 8.91. The summed E-state index contributed by atoms with van der Waals surface area (Å²) >= 11 is 12.8. The first-order chi connectivity index (χ1) is 10.3. The molecule has 1 aliphatic carbocycles. The summed E-state index contributed by atoms with van der Waals surface area (Å²) in [5, 5.41) is 5.11. The zero-order valence-corrected chi connectivity index (χ0v) is 16.4. The van der Waals surface area contributed by atoms with Gasteiger partial charge in [0.2, 0.25) is 0 Å². The summed E-state index contributed by atoms with van der Waals surface area (Å²) in [7, 11) is 0. The topological polar surface area (TPSA) is 15.3 Å². The molecule has 0 unspecified atom stereocenters. The zero-order valence-electron chi connectivity index (χ0n) is 13.3. The second-order valence-electron chi connectivity index (χ2n) is 6.29. The second-order valence-corrected chi connectivity index (χ2v) is 7.14. The summed E-state index contributed by atoms with van der Waals surface area (Å²) in [6, 6.07) is 6.37. The van der Waals surface area contributed by atoms with E-state index < -0.39 is 0 Å². The summed E-state index contributed by atoms with van der Waals surface area (Å²) in [6.45, 7) is 4.34. The Balaban J connectivity index is 0.00000132. The Morgan fingerprint density at radius 1 is 1.00 bits per heavy atom. The molecule has 0 bridgehead atoms. The average Bonchev–Trinajstić information content (AvgIpc) is 2.53. The predicted molar refractivity (Wildman–Crippen MR) is 105 cm³/mol. The second kappa shape index (κ2) is 10.3. The van der Waals surface area contributed by atoms with E-state index in [2.05, 4.69) is 16.3 Å². The molecular weight excluding hydrogens is 374 g/mol. The van der Waals surface area contributed by atoms with Crippen LogP contribution in [0.3, 0.4) is 0 Å². The Kier molecular flexibility index (Phi) is 9.58. The summed E-state index contributed by atoms with van der Waals surface area (Å²) in [6.07, 6.45) is 6.72. The van der Waals surface area contributed by atoms with Crippen LogP contribution in [-0.4, -0.2) is 31.1 Å². The van der Waals surface area contributed by atoms with E-state index in [0.29, 0.717) is 12.0 Å². The van der Waals surface area contributed by atoms with Crippen molar-refractivity contribution in [2.24, 2.45) is 5.92 Å². The van der Waals surface area contributed by atoms with Gasteiger partial charge in [-0.05, 0) is 42.5 Å². The number of nitrogens with zero attached hydrogens (tertiary/aromatic N) is 1. The number of nitrogens with one attached hydrogen (secondary N) is 1. The van der Waals surface area contributed by atoms with Gasteiger partial charge in [-0.25, -0.2) is 0 Å². The lowest BCUT2D eigenvalue weighted by atomic mass is 9.80. The highest BCUT2D eigenvalue weighted by atomic mass is 35.5. The van der Waals surface area contributed by atoms with Crippen LogP contribution >= 0.6 is 48.0 Å². The third-order valence-electron chi connectivity index (χ3n) is 4.92. The van der Waals surface area contributed by atoms with Gasteiger partial charge in [-0.2, -0.15) is 0 Å². The number of benzene rings is 1. The molecule has 6 heteroatoms. The first kappa shape index (κ1) is 21.3. The minimum absolute atomic E-state index is 0. The SMILES string of the molecule is Cl.Cl.Clc1ccc(Cl)c([C@H](C2CCCCC2)N2CCNCC2)c1. The fourth-order valence-corrected chi connectivity index (χ4v) is 4.31. The van der Waals surface area contributed by atoms with Crippen LogP contribution in [0.1, 0.15) is 43.7 Å². The molecule has 0 radical (unpaired) electrons. The number of rotatable bonds is 3. The highest BCUT2D eigenvalue weighted by Gasteiger charge is 2.32. The van der Waals surface area contributed by atoms with Gasteiger partial charge < -0.3 is 5.32 Å². The molecule has 0 amide bonds. The van der Waals surface area contributed by atoms with Crippen molar-refractivity contribution in [3.05, 3.63) is 33.8 Å². The molecule has 23 heavy (non-hydrogen) atoms. The van der Waals surface area contributed by atoms with Crippen LogP contribution in [0.4, 0.5) is 0 Å². The van der Waals surface area contributed by atoms with Crippen molar-refractivity contribution in [3.63, 3.8) is 0 Å². The molecule has 2 aliphatic rings. The van der Waals surface area contributed by atoms with Crippen LogP contribution in [0, 0.1) is 5.92 Å². The van der Waals surface area contributed by atoms with E-state index in [9.17, 15) is 0 Å². The van der Waals surface area contributed by atoms with Crippen molar-refractivity contribution in [1.29, 1.82) is 0 Å². The summed E-state index contributed by atoms with van der Waals surface area (Å²) in [4.78, 5) is 2.62. The molecule has 2 fully saturated rings. The average molecular weight is 400 g/mol. The lowest BCUT2D eigenvalue weighted by molar-refractivity contribution is 0.103. The van der Waals surface area contributed by atoms with Gasteiger partial charge in [-0.15, -0.1) is 24.8 Å². The van der Waals surface area contributed by atoms with Gasteiger partial charge in [0.1, 0.15) is 0 Å². The Morgan fingerprint density at radius 3 is 2.30 bits per heavy atom. The molecule has 0 spiro atoms. The third kappa shape index (κ3) is 5.39.